The third-order valence-electron chi connectivity index (χ3n) is 5.09. The summed E-state index contributed by atoms with van der Waals surface area (Å²) >= 11 is 6.46. The van der Waals surface area contributed by atoms with Gasteiger partial charge in [-0.15, -0.1) is 0 Å². The largest absolute Gasteiger partial charge is 0.233 e. The molecule has 0 spiro atoms. The van der Waals surface area contributed by atoms with E-state index in [1.807, 2.05) is 10.7 Å². The lowest BCUT2D eigenvalue weighted by atomic mass is 9.94. The lowest BCUT2D eigenvalue weighted by Crippen LogP contribution is -2.08. The number of hydrogen-bond acceptors (Lipinski definition) is 2. The Morgan fingerprint density at radius 2 is 1.80 bits per heavy atom. The molecule has 0 bridgehead atoms. The van der Waals surface area contributed by atoms with Crippen LogP contribution >= 0.6 is 11.6 Å². The minimum Gasteiger partial charge on any atom is -0.233 e. The predicted molar refractivity (Wildman–Crippen MR) is 78.2 cm³/mol. The van der Waals surface area contributed by atoms with Crippen LogP contribution in [-0.4, -0.2) is 14.6 Å². The van der Waals surface area contributed by atoms with Crippen molar-refractivity contribution in [2.45, 2.75) is 50.4 Å². The van der Waals surface area contributed by atoms with E-state index in [1.54, 1.807) is 0 Å². The lowest BCUT2D eigenvalue weighted by molar-refractivity contribution is 0.524. The summed E-state index contributed by atoms with van der Waals surface area (Å²) in [5, 5.41) is 5.15. The summed E-state index contributed by atoms with van der Waals surface area (Å²) in [6.45, 7) is 0. The van der Waals surface area contributed by atoms with Gasteiger partial charge in [0.2, 0.25) is 0 Å². The minimum atomic E-state index is 0.652. The number of fused-ring (bicyclic) bond motifs is 1. The molecule has 0 N–H and O–H groups in total. The SMILES string of the molecule is Clc1cc(C(C2CC2)C2CC2)nc2c(C3CC3)cnn12. The molecule has 3 saturated carbocycles. The zero-order valence-electron chi connectivity index (χ0n) is 11.4. The van der Waals surface area contributed by atoms with E-state index >= 15 is 0 Å². The summed E-state index contributed by atoms with van der Waals surface area (Å²) in [6, 6.07) is 2.07. The van der Waals surface area contributed by atoms with Crippen LogP contribution in [0.2, 0.25) is 5.15 Å². The van der Waals surface area contributed by atoms with Crippen molar-refractivity contribution in [3.63, 3.8) is 0 Å². The summed E-state index contributed by atoms with van der Waals surface area (Å²) in [7, 11) is 0. The predicted octanol–water partition coefficient (Wildman–Crippen LogP) is 4.16. The van der Waals surface area contributed by atoms with Gasteiger partial charge in [-0.1, -0.05) is 11.6 Å². The Balaban J connectivity index is 1.65. The number of aromatic nitrogens is 3. The highest BCUT2D eigenvalue weighted by Gasteiger charge is 2.43. The molecule has 0 aromatic carbocycles. The van der Waals surface area contributed by atoms with Crippen molar-refractivity contribution in [1.29, 1.82) is 0 Å². The van der Waals surface area contributed by atoms with Crippen LogP contribution in [0.1, 0.15) is 61.6 Å². The van der Waals surface area contributed by atoms with Gasteiger partial charge in [-0.25, -0.2) is 9.50 Å². The maximum absolute atomic E-state index is 6.46. The molecule has 0 amide bonds. The fourth-order valence-electron chi connectivity index (χ4n) is 3.59. The summed E-state index contributed by atoms with van der Waals surface area (Å²) in [5.41, 5.74) is 3.55. The Morgan fingerprint density at radius 1 is 1.10 bits per heavy atom. The van der Waals surface area contributed by atoms with Crippen LogP contribution in [0, 0.1) is 11.8 Å². The third-order valence-corrected chi connectivity index (χ3v) is 5.36. The highest BCUT2D eigenvalue weighted by Crippen LogP contribution is 2.54. The van der Waals surface area contributed by atoms with Crippen molar-refractivity contribution in [1.82, 2.24) is 14.6 Å². The first-order valence-corrected chi connectivity index (χ1v) is 8.23. The average molecular weight is 288 g/mol. The van der Waals surface area contributed by atoms with E-state index in [2.05, 4.69) is 11.2 Å². The van der Waals surface area contributed by atoms with E-state index in [0.717, 1.165) is 22.6 Å². The number of halogens is 1. The molecule has 0 atom stereocenters. The van der Waals surface area contributed by atoms with Crippen LogP contribution in [0.15, 0.2) is 12.3 Å². The monoisotopic (exact) mass is 287 g/mol. The van der Waals surface area contributed by atoms with Gasteiger partial charge in [0.1, 0.15) is 5.15 Å². The first-order valence-electron chi connectivity index (χ1n) is 7.85. The maximum atomic E-state index is 6.46. The second kappa shape index (κ2) is 3.97. The van der Waals surface area contributed by atoms with Crippen molar-refractivity contribution >= 4 is 17.2 Å². The smallest absolute Gasteiger partial charge is 0.160 e. The molecule has 3 aliphatic rings. The van der Waals surface area contributed by atoms with Crippen molar-refractivity contribution in [3.05, 3.63) is 28.7 Å². The Kier molecular flexibility index (Phi) is 2.29. The second-order valence-corrected chi connectivity index (χ2v) is 7.20. The summed E-state index contributed by atoms with van der Waals surface area (Å²) < 4.78 is 1.82. The van der Waals surface area contributed by atoms with E-state index < -0.39 is 0 Å². The molecular formula is C16H18ClN3. The van der Waals surface area contributed by atoms with Gasteiger partial charge in [0.25, 0.3) is 0 Å². The van der Waals surface area contributed by atoms with Crippen LogP contribution in [0.5, 0.6) is 0 Å². The minimum absolute atomic E-state index is 0.652. The Hall–Kier alpha value is -1.09. The van der Waals surface area contributed by atoms with Gasteiger partial charge in [-0.05, 0) is 62.3 Å². The van der Waals surface area contributed by atoms with E-state index in [4.69, 9.17) is 16.6 Å². The van der Waals surface area contributed by atoms with E-state index in [9.17, 15) is 0 Å². The van der Waals surface area contributed by atoms with Crippen molar-refractivity contribution in [3.8, 4) is 0 Å². The van der Waals surface area contributed by atoms with Crippen molar-refractivity contribution in [2.75, 3.05) is 0 Å². The van der Waals surface area contributed by atoms with Crippen LogP contribution in [0.25, 0.3) is 5.65 Å². The van der Waals surface area contributed by atoms with Crippen LogP contribution < -0.4 is 0 Å². The number of rotatable bonds is 4. The van der Waals surface area contributed by atoms with Gasteiger partial charge in [-0.3, -0.25) is 0 Å². The standard InChI is InChI=1S/C16H18ClN3/c17-14-7-13(15(10-3-4-10)11-5-6-11)19-16-12(9-1-2-9)8-18-20(14)16/h7-11,15H,1-6H2. The molecule has 2 aromatic rings. The van der Waals surface area contributed by atoms with Crippen molar-refractivity contribution < 1.29 is 0 Å². The molecule has 104 valence electrons. The lowest BCUT2D eigenvalue weighted by Gasteiger charge is -2.15. The van der Waals surface area contributed by atoms with Crippen molar-refractivity contribution in [2.24, 2.45) is 11.8 Å². The first kappa shape index (κ1) is 11.6. The van der Waals surface area contributed by atoms with Gasteiger partial charge in [0.05, 0.1) is 6.20 Å². The van der Waals surface area contributed by atoms with E-state index in [-0.39, 0.29) is 0 Å². The molecule has 0 radical (unpaired) electrons. The second-order valence-electron chi connectivity index (χ2n) is 6.81. The summed E-state index contributed by atoms with van der Waals surface area (Å²) in [5.74, 6) is 3.05. The Labute approximate surface area is 123 Å². The fraction of sp³-hybridized carbons (Fsp3) is 0.625. The molecule has 4 heteroatoms. The number of hydrogen-bond donors (Lipinski definition) is 0. The van der Waals surface area contributed by atoms with Gasteiger partial charge in [-0.2, -0.15) is 5.10 Å². The van der Waals surface area contributed by atoms with Gasteiger partial charge < -0.3 is 0 Å². The highest BCUT2D eigenvalue weighted by atomic mass is 35.5. The molecule has 0 unspecified atom stereocenters. The van der Waals surface area contributed by atoms with Gasteiger partial charge in [0, 0.05) is 17.2 Å². The normalized spacial score (nSPS) is 22.9. The topological polar surface area (TPSA) is 30.2 Å². The van der Waals surface area contributed by atoms with Crippen LogP contribution in [0.4, 0.5) is 0 Å². The molecule has 3 nitrogen and oxygen atoms in total. The molecule has 0 saturated heterocycles. The average Bonchev–Trinajstić information content (AvgIpc) is 3.28. The molecule has 5 rings (SSSR count). The van der Waals surface area contributed by atoms with Gasteiger partial charge >= 0.3 is 0 Å². The van der Waals surface area contributed by atoms with E-state index in [0.29, 0.717) is 11.8 Å². The highest BCUT2D eigenvalue weighted by molar-refractivity contribution is 6.29. The zero-order chi connectivity index (χ0) is 13.3. The summed E-state index contributed by atoms with van der Waals surface area (Å²) in [4.78, 5) is 5.00. The maximum Gasteiger partial charge on any atom is 0.160 e. The molecule has 2 heterocycles. The van der Waals surface area contributed by atoms with Crippen LogP contribution in [0.3, 0.4) is 0 Å². The molecule has 3 aliphatic carbocycles. The fourth-order valence-corrected chi connectivity index (χ4v) is 3.83. The molecular weight excluding hydrogens is 270 g/mol. The molecule has 0 aliphatic heterocycles. The quantitative estimate of drug-likeness (QED) is 0.790. The Bertz CT molecular complexity index is 668. The first-order chi connectivity index (χ1) is 9.81. The van der Waals surface area contributed by atoms with Gasteiger partial charge in [0.15, 0.2) is 5.65 Å². The van der Waals surface area contributed by atoms with E-state index in [1.165, 1.54) is 49.8 Å². The zero-order valence-corrected chi connectivity index (χ0v) is 12.2. The molecule has 2 aromatic heterocycles. The third kappa shape index (κ3) is 1.79. The number of nitrogens with zero attached hydrogens (tertiary/aromatic N) is 3. The van der Waals surface area contributed by atoms with Crippen LogP contribution in [-0.2, 0) is 0 Å². The summed E-state index contributed by atoms with van der Waals surface area (Å²) in [6.07, 6.45) is 10.0. The Morgan fingerprint density at radius 3 is 2.40 bits per heavy atom. The molecule has 20 heavy (non-hydrogen) atoms. The molecule has 3 fully saturated rings.